The van der Waals surface area contributed by atoms with Gasteiger partial charge in [0.1, 0.15) is 11.6 Å². The van der Waals surface area contributed by atoms with E-state index in [0.717, 1.165) is 0 Å². The highest BCUT2D eigenvalue weighted by Gasteiger charge is 2.43. The lowest BCUT2D eigenvalue weighted by molar-refractivity contribution is -0.152. The van der Waals surface area contributed by atoms with E-state index in [1.807, 2.05) is 0 Å². The van der Waals surface area contributed by atoms with Crippen LogP contribution in [0.5, 0.6) is 0 Å². The molecule has 0 saturated carbocycles. The summed E-state index contributed by atoms with van der Waals surface area (Å²) < 4.78 is 15.1. The zero-order valence-electron chi connectivity index (χ0n) is 14.4. The smallest absolute Gasteiger partial charge is 0.411 e. The largest absolute Gasteiger partial charge is 0.467 e. The quantitative estimate of drug-likeness (QED) is 0.447. The van der Waals surface area contributed by atoms with E-state index >= 15 is 0 Å². The first kappa shape index (κ1) is 19.0. The molecule has 7 nitrogen and oxygen atoms in total. The zero-order chi connectivity index (χ0) is 17.8. The second-order valence-corrected chi connectivity index (χ2v) is 6.35. The molecule has 0 aromatic carbocycles. The second kappa shape index (κ2) is 7.48. The van der Waals surface area contributed by atoms with Gasteiger partial charge in [-0.25, -0.2) is 9.59 Å². The van der Waals surface area contributed by atoms with Gasteiger partial charge in [-0.2, -0.15) is 0 Å². The van der Waals surface area contributed by atoms with Gasteiger partial charge in [0.05, 0.1) is 19.6 Å². The summed E-state index contributed by atoms with van der Waals surface area (Å²) in [6, 6.07) is -0.908. The highest BCUT2D eigenvalue weighted by atomic mass is 16.6. The van der Waals surface area contributed by atoms with Crippen molar-refractivity contribution < 1.29 is 28.6 Å². The summed E-state index contributed by atoms with van der Waals surface area (Å²) in [6.45, 7) is 11.0. The highest BCUT2D eigenvalue weighted by molar-refractivity contribution is 5.85. The fourth-order valence-electron chi connectivity index (χ4n) is 2.33. The number of likely N-dealkylation sites (tertiary alicyclic amines) is 1. The Morgan fingerprint density at radius 3 is 2.35 bits per heavy atom. The van der Waals surface area contributed by atoms with Gasteiger partial charge in [-0.05, 0) is 39.7 Å². The molecule has 0 spiro atoms. The number of hydrogen-bond donors (Lipinski definition) is 0. The highest BCUT2D eigenvalue weighted by Crippen LogP contribution is 2.29. The maximum absolute atomic E-state index is 12.3. The minimum absolute atomic E-state index is 0.0398. The fraction of sp³-hybridized carbons (Fsp3) is 0.688. The first-order chi connectivity index (χ1) is 10.6. The van der Waals surface area contributed by atoms with Crippen molar-refractivity contribution in [2.45, 2.75) is 45.8 Å². The van der Waals surface area contributed by atoms with E-state index in [4.69, 9.17) is 14.2 Å². The number of carbonyl (C=O) groups is 3. The molecular formula is C16H25NO6. The summed E-state index contributed by atoms with van der Waals surface area (Å²) in [5, 5.41) is 0. The van der Waals surface area contributed by atoms with Crippen molar-refractivity contribution in [1.82, 2.24) is 4.90 Å². The molecule has 0 aliphatic carbocycles. The molecule has 0 N–H and O–H groups in total. The second-order valence-electron chi connectivity index (χ2n) is 6.35. The molecule has 0 aromatic rings. The lowest BCUT2D eigenvalue weighted by atomic mass is 9.87. The van der Waals surface area contributed by atoms with E-state index in [9.17, 15) is 14.4 Å². The molecule has 1 amide bonds. The summed E-state index contributed by atoms with van der Waals surface area (Å²) in [5.41, 5.74) is -0.189. The van der Waals surface area contributed by atoms with Crippen LogP contribution in [0.2, 0.25) is 0 Å². The molecule has 1 rings (SSSR count). The van der Waals surface area contributed by atoms with Crippen LogP contribution >= 0.6 is 0 Å². The van der Waals surface area contributed by atoms with Gasteiger partial charge in [-0.3, -0.25) is 9.69 Å². The van der Waals surface area contributed by atoms with Crippen LogP contribution in [0.1, 0.15) is 34.1 Å². The van der Waals surface area contributed by atoms with E-state index < -0.39 is 35.6 Å². The predicted molar refractivity (Wildman–Crippen MR) is 82.6 cm³/mol. The molecule has 0 aromatic heterocycles. The van der Waals surface area contributed by atoms with Gasteiger partial charge < -0.3 is 14.2 Å². The van der Waals surface area contributed by atoms with Gasteiger partial charge >= 0.3 is 18.0 Å². The number of hydrogen-bond acceptors (Lipinski definition) is 6. The van der Waals surface area contributed by atoms with Gasteiger partial charge in [0.15, 0.2) is 0 Å². The Labute approximate surface area is 136 Å². The lowest BCUT2D eigenvalue weighted by Crippen LogP contribution is -2.53. The van der Waals surface area contributed by atoms with E-state index in [-0.39, 0.29) is 19.6 Å². The lowest BCUT2D eigenvalue weighted by Gasteiger charge is -2.38. The van der Waals surface area contributed by atoms with Crippen LogP contribution in [0.3, 0.4) is 0 Å². The Balaban J connectivity index is 2.99. The third-order valence-electron chi connectivity index (χ3n) is 3.37. The maximum Gasteiger partial charge on any atom is 0.411 e. The molecule has 1 fully saturated rings. The van der Waals surface area contributed by atoms with Gasteiger partial charge in [0.25, 0.3) is 0 Å². The number of esters is 2. The number of rotatable bonds is 3. The van der Waals surface area contributed by atoms with Crippen molar-refractivity contribution in [3.05, 3.63) is 12.2 Å². The molecule has 130 valence electrons. The van der Waals surface area contributed by atoms with Crippen LogP contribution in [-0.4, -0.2) is 54.8 Å². The minimum Gasteiger partial charge on any atom is -0.467 e. The van der Waals surface area contributed by atoms with Crippen molar-refractivity contribution in [1.29, 1.82) is 0 Å². The fourth-order valence-corrected chi connectivity index (χ4v) is 2.33. The average molecular weight is 327 g/mol. The van der Waals surface area contributed by atoms with E-state index in [1.165, 1.54) is 12.0 Å². The number of carbonyl (C=O) groups excluding carboxylic acids is 3. The first-order valence-electron chi connectivity index (χ1n) is 7.52. The molecular weight excluding hydrogens is 302 g/mol. The summed E-state index contributed by atoms with van der Waals surface area (Å²) in [7, 11) is 1.23. The standard InChI is InChI=1S/C16H25NO6/c1-7-22-13(18)11-8-12(14(19)21-6)17(9-10(11)2)15(20)23-16(3,4)5/h11-12H,2,7-9H2,1,3-6H3. The predicted octanol–water partition coefficient (Wildman–Crippen LogP) is 1.90. The van der Waals surface area contributed by atoms with Crippen molar-refractivity contribution in [3.63, 3.8) is 0 Å². The summed E-state index contributed by atoms with van der Waals surface area (Å²) in [4.78, 5) is 37.6. The SMILES string of the molecule is C=C1CN(C(=O)OC(C)(C)C)C(C(=O)OC)CC1C(=O)OCC. The topological polar surface area (TPSA) is 82.1 Å². The van der Waals surface area contributed by atoms with Crippen LogP contribution in [0, 0.1) is 5.92 Å². The van der Waals surface area contributed by atoms with Crippen LogP contribution in [0.25, 0.3) is 0 Å². The number of methoxy groups -OCH3 is 1. The van der Waals surface area contributed by atoms with Crippen molar-refractivity contribution in [2.24, 2.45) is 5.92 Å². The summed E-state index contributed by atoms with van der Waals surface area (Å²) >= 11 is 0. The number of nitrogens with zero attached hydrogens (tertiary/aromatic N) is 1. The molecule has 2 unspecified atom stereocenters. The Bertz CT molecular complexity index is 493. The third-order valence-corrected chi connectivity index (χ3v) is 3.37. The summed E-state index contributed by atoms with van der Waals surface area (Å²) in [5.74, 6) is -1.69. The Morgan fingerprint density at radius 1 is 1.26 bits per heavy atom. The van der Waals surface area contributed by atoms with Crippen LogP contribution in [-0.2, 0) is 23.8 Å². The van der Waals surface area contributed by atoms with Crippen molar-refractivity contribution in [2.75, 3.05) is 20.3 Å². The molecule has 0 radical (unpaired) electrons. The molecule has 1 heterocycles. The minimum atomic E-state index is -0.908. The third kappa shape index (κ3) is 4.97. The molecule has 7 heteroatoms. The molecule has 0 bridgehead atoms. The van der Waals surface area contributed by atoms with Gasteiger partial charge in [-0.1, -0.05) is 6.58 Å². The molecule has 1 saturated heterocycles. The van der Waals surface area contributed by atoms with Crippen LogP contribution in [0.15, 0.2) is 12.2 Å². The summed E-state index contributed by atoms with van der Waals surface area (Å²) in [6.07, 6.45) is -0.569. The van der Waals surface area contributed by atoms with E-state index in [2.05, 4.69) is 6.58 Å². The van der Waals surface area contributed by atoms with Crippen LogP contribution in [0.4, 0.5) is 4.79 Å². The molecule has 23 heavy (non-hydrogen) atoms. The monoisotopic (exact) mass is 327 g/mol. The van der Waals surface area contributed by atoms with Crippen LogP contribution < -0.4 is 0 Å². The molecule has 1 aliphatic heterocycles. The van der Waals surface area contributed by atoms with E-state index in [1.54, 1.807) is 27.7 Å². The van der Waals surface area contributed by atoms with Crippen molar-refractivity contribution in [3.8, 4) is 0 Å². The zero-order valence-corrected chi connectivity index (χ0v) is 14.4. The Morgan fingerprint density at radius 2 is 1.87 bits per heavy atom. The molecule has 2 atom stereocenters. The van der Waals surface area contributed by atoms with Crippen molar-refractivity contribution >= 4 is 18.0 Å². The average Bonchev–Trinajstić information content (AvgIpc) is 2.44. The Hall–Kier alpha value is -2.05. The number of ether oxygens (including phenoxy) is 3. The van der Waals surface area contributed by atoms with Gasteiger partial charge in [-0.15, -0.1) is 0 Å². The van der Waals surface area contributed by atoms with Gasteiger partial charge in [0.2, 0.25) is 0 Å². The first-order valence-corrected chi connectivity index (χ1v) is 7.52. The molecule has 1 aliphatic rings. The maximum atomic E-state index is 12.3. The van der Waals surface area contributed by atoms with Gasteiger partial charge in [0, 0.05) is 6.54 Å². The normalized spacial score (nSPS) is 21.6. The number of amides is 1. The van der Waals surface area contributed by atoms with E-state index in [0.29, 0.717) is 5.57 Å². The number of piperidine rings is 1. The Kier molecular flexibility index (Phi) is 6.18.